The molecule has 3 rings (SSSR count). The lowest BCUT2D eigenvalue weighted by Crippen LogP contribution is -2.50. The fourth-order valence-corrected chi connectivity index (χ4v) is 3.57. The summed E-state index contributed by atoms with van der Waals surface area (Å²) >= 11 is 0. The van der Waals surface area contributed by atoms with Gasteiger partial charge >= 0.3 is 0 Å². The number of piperidine rings is 1. The highest BCUT2D eigenvalue weighted by atomic mass is 16.3. The van der Waals surface area contributed by atoms with Crippen LogP contribution in [0.5, 0.6) is 0 Å². The van der Waals surface area contributed by atoms with Gasteiger partial charge < -0.3 is 15.7 Å². The lowest BCUT2D eigenvalue weighted by molar-refractivity contribution is -0.125. The zero-order valence-electron chi connectivity index (χ0n) is 12.5. The van der Waals surface area contributed by atoms with E-state index in [1.165, 1.54) is 0 Å². The molecule has 1 aliphatic heterocycles. The van der Waals surface area contributed by atoms with E-state index < -0.39 is 6.10 Å². The van der Waals surface area contributed by atoms with Crippen molar-refractivity contribution in [3.8, 4) is 0 Å². The zero-order chi connectivity index (χ0) is 14.8. The largest absolute Gasteiger partial charge is 0.390 e. The molecule has 3 N–H and O–H groups in total. The first-order valence-corrected chi connectivity index (χ1v) is 7.98. The van der Waals surface area contributed by atoms with Crippen LogP contribution in [0.25, 0.3) is 0 Å². The van der Waals surface area contributed by atoms with Crippen LogP contribution < -0.4 is 10.6 Å². The van der Waals surface area contributed by atoms with Gasteiger partial charge in [0.2, 0.25) is 5.91 Å². The first-order valence-electron chi connectivity index (χ1n) is 7.98. The molecule has 4 heteroatoms. The van der Waals surface area contributed by atoms with Crippen molar-refractivity contribution < 1.29 is 9.90 Å². The van der Waals surface area contributed by atoms with Gasteiger partial charge in [0, 0.05) is 6.42 Å². The van der Waals surface area contributed by atoms with Crippen molar-refractivity contribution in [2.75, 3.05) is 6.54 Å². The van der Waals surface area contributed by atoms with Gasteiger partial charge in [0.15, 0.2) is 0 Å². The van der Waals surface area contributed by atoms with Crippen molar-refractivity contribution in [2.24, 2.45) is 5.92 Å². The number of hydrogen-bond donors (Lipinski definition) is 3. The van der Waals surface area contributed by atoms with E-state index in [1.54, 1.807) is 0 Å². The smallest absolute Gasteiger partial charge is 0.237 e. The van der Waals surface area contributed by atoms with Gasteiger partial charge in [-0.05, 0) is 36.4 Å². The third-order valence-corrected chi connectivity index (χ3v) is 4.91. The monoisotopic (exact) mass is 288 g/mol. The van der Waals surface area contributed by atoms with Crippen molar-refractivity contribution in [1.82, 2.24) is 10.6 Å². The Kier molecular flexibility index (Phi) is 4.27. The van der Waals surface area contributed by atoms with Crippen LogP contribution in [0, 0.1) is 5.92 Å². The summed E-state index contributed by atoms with van der Waals surface area (Å²) in [5.74, 6) is 0.650. The standard InChI is InChI=1S/C17H24N2O2/c1-2-11-7-8-18-14(9-11)17(21)19-16-13-6-4-3-5-12(13)10-15(16)20/h3-6,11,14-16,18,20H,2,7-10H2,1H3,(H,19,21)/t11?,14?,15-,16+/m0/s1. The number of aliphatic hydroxyl groups excluding tert-OH is 1. The minimum absolute atomic E-state index is 0.0221. The van der Waals surface area contributed by atoms with E-state index in [2.05, 4.69) is 17.6 Å². The van der Waals surface area contributed by atoms with E-state index in [9.17, 15) is 9.90 Å². The maximum Gasteiger partial charge on any atom is 0.237 e. The molecule has 4 atom stereocenters. The maximum absolute atomic E-state index is 12.5. The summed E-state index contributed by atoms with van der Waals surface area (Å²) < 4.78 is 0. The molecule has 21 heavy (non-hydrogen) atoms. The second-order valence-corrected chi connectivity index (χ2v) is 6.26. The molecule has 1 amide bonds. The third kappa shape index (κ3) is 2.97. The van der Waals surface area contributed by atoms with E-state index >= 15 is 0 Å². The van der Waals surface area contributed by atoms with Crippen LogP contribution in [-0.4, -0.2) is 29.7 Å². The number of fused-ring (bicyclic) bond motifs is 1. The number of carbonyl (C=O) groups is 1. The summed E-state index contributed by atoms with van der Waals surface area (Å²) in [5, 5.41) is 16.6. The van der Waals surface area contributed by atoms with Gasteiger partial charge in [0.1, 0.15) is 0 Å². The Bertz CT molecular complexity index is 517. The molecule has 114 valence electrons. The second kappa shape index (κ2) is 6.16. The highest BCUT2D eigenvalue weighted by molar-refractivity contribution is 5.82. The van der Waals surface area contributed by atoms with Gasteiger partial charge in [-0.2, -0.15) is 0 Å². The lowest BCUT2D eigenvalue weighted by atomic mass is 9.90. The van der Waals surface area contributed by atoms with Gasteiger partial charge in [0.25, 0.3) is 0 Å². The molecule has 1 saturated heterocycles. The van der Waals surface area contributed by atoms with Crippen LogP contribution in [0.2, 0.25) is 0 Å². The Morgan fingerprint density at radius 1 is 1.43 bits per heavy atom. The van der Waals surface area contributed by atoms with Crippen molar-refractivity contribution in [3.05, 3.63) is 35.4 Å². The minimum atomic E-state index is -0.517. The molecule has 0 radical (unpaired) electrons. The van der Waals surface area contributed by atoms with Crippen LogP contribution in [0.15, 0.2) is 24.3 Å². The van der Waals surface area contributed by atoms with Crippen molar-refractivity contribution >= 4 is 5.91 Å². The van der Waals surface area contributed by atoms with Gasteiger partial charge in [0.05, 0.1) is 18.2 Å². The maximum atomic E-state index is 12.5. The number of carbonyl (C=O) groups excluding carboxylic acids is 1. The van der Waals surface area contributed by atoms with Crippen molar-refractivity contribution in [2.45, 2.75) is 50.8 Å². The van der Waals surface area contributed by atoms with Crippen LogP contribution >= 0.6 is 0 Å². The average Bonchev–Trinajstić information content (AvgIpc) is 2.83. The van der Waals surface area contributed by atoms with Crippen LogP contribution in [0.4, 0.5) is 0 Å². The van der Waals surface area contributed by atoms with Crippen LogP contribution in [0.1, 0.15) is 43.4 Å². The molecule has 1 heterocycles. The number of benzene rings is 1. The SMILES string of the molecule is CCC1CCNC(C(=O)N[C@@H]2c3ccccc3C[C@@H]2O)C1. The Hall–Kier alpha value is -1.39. The predicted octanol–water partition coefficient (Wildman–Crippen LogP) is 1.54. The first kappa shape index (κ1) is 14.5. The molecular weight excluding hydrogens is 264 g/mol. The summed E-state index contributed by atoms with van der Waals surface area (Å²) in [5.41, 5.74) is 2.19. The molecule has 0 spiro atoms. The number of hydrogen-bond acceptors (Lipinski definition) is 3. The molecule has 0 aromatic heterocycles. The average molecular weight is 288 g/mol. The molecule has 1 aliphatic carbocycles. The molecule has 0 saturated carbocycles. The summed E-state index contributed by atoms with van der Waals surface area (Å²) in [6, 6.07) is 7.57. The van der Waals surface area contributed by atoms with E-state index in [0.717, 1.165) is 36.9 Å². The van der Waals surface area contributed by atoms with Gasteiger partial charge in [-0.25, -0.2) is 0 Å². The third-order valence-electron chi connectivity index (χ3n) is 4.91. The van der Waals surface area contributed by atoms with Crippen molar-refractivity contribution in [1.29, 1.82) is 0 Å². The highest BCUT2D eigenvalue weighted by Crippen LogP contribution is 2.31. The Morgan fingerprint density at radius 2 is 2.24 bits per heavy atom. The molecule has 2 aliphatic rings. The number of nitrogens with one attached hydrogen (secondary N) is 2. The number of aliphatic hydroxyl groups is 1. The van der Waals surface area contributed by atoms with E-state index in [4.69, 9.17) is 0 Å². The molecule has 2 unspecified atom stereocenters. The first-order chi connectivity index (χ1) is 10.2. The normalized spacial score (nSPS) is 31.7. The summed E-state index contributed by atoms with van der Waals surface area (Å²) in [7, 11) is 0. The fraction of sp³-hybridized carbons (Fsp3) is 0.588. The number of rotatable bonds is 3. The highest BCUT2D eigenvalue weighted by Gasteiger charge is 2.34. The molecule has 1 fully saturated rings. The number of amides is 1. The van der Waals surface area contributed by atoms with Gasteiger partial charge in [-0.3, -0.25) is 4.79 Å². The fourth-order valence-electron chi connectivity index (χ4n) is 3.57. The van der Waals surface area contributed by atoms with E-state index in [-0.39, 0.29) is 18.0 Å². The Morgan fingerprint density at radius 3 is 3.05 bits per heavy atom. The minimum Gasteiger partial charge on any atom is -0.390 e. The zero-order valence-corrected chi connectivity index (χ0v) is 12.5. The quantitative estimate of drug-likeness (QED) is 0.790. The van der Waals surface area contributed by atoms with E-state index in [1.807, 2.05) is 24.3 Å². The van der Waals surface area contributed by atoms with Crippen LogP contribution in [-0.2, 0) is 11.2 Å². The molecule has 1 aromatic rings. The molecule has 1 aromatic carbocycles. The van der Waals surface area contributed by atoms with Crippen molar-refractivity contribution in [3.63, 3.8) is 0 Å². The summed E-state index contributed by atoms with van der Waals surface area (Å²) in [6.45, 7) is 3.09. The molecular formula is C17H24N2O2. The lowest BCUT2D eigenvalue weighted by Gasteiger charge is -2.30. The Labute approximate surface area is 125 Å². The predicted molar refractivity (Wildman–Crippen MR) is 81.8 cm³/mol. The summed E-state index contributed by atoms with van der Waals surface area (Å²) in [6.07, 6.45) is 3.27. The second-order valence-electron chi connectivity index (χ2n) is 6.26. The molecule has 4 nitrogen and oxygen atoms in total. The molecule has 0 bridgehead atoms. The van der Waals surface area contributed by atoms with Gasteiger partial charge in [-0.1, -0.05) is 37.6 Å². The van der Waals surface area contributed by atoms with E-state index in [0.29, 0.717) is 12.3 Å². The Balaban J connectivity index is 1.67. The topological polar surface area (TPSA) is 61.4 Å². The van der Waals surface area contributed by atoms with Crippen LogP contribution in [0.3, 0.4) is 0 Å². The van der Waals surface area contributed by atoms with Gasteiger partial charge in [-0.15, -0.1) is 0 Å². The summed E-state index contributed by atoms with van der Waals surface area (Å²) in [4.78, 5) is 12.5.